The molecule has 6 nitrogen and oxygen atoms in total. The van der Waals surface area contributed by atoms with E-state index in [0.29, 0.717) is 32.1 Å². The molecule has 1 aromatic rings. The molecule has 0 fully saturated rings. The number of nitrogens with one attached hydrogen (secondary N) is 1. The van der Waals surface area contributed by atoms with Gasteiger partial charge in [-0.3, -0.25) is 4.79 Å². The van der Waals surface area contributed by atoms with Gasteiger partial charge in [-0.2, -0.15) is 0 Å². The van der Waals surface area contributed by atoms with Crippen LogP contribution in [-0.2, 0) is 11.3 Å². The van der Waals surface area contributed by atoms with Gasteiger partial charge in [0.15, 0.2) is 5.96 Å². The van der Waals surface area contributed by atoms with Crippen molar-refractivity contribution in [2.24, 2.45) is 4.99 Å². The standard InChI is InChI=1S/C18H29BrN4O2/c1-6-20-18(22(4)13-17(24)23(7-2)8-3)21-12-14-11-15(19)9-10-16(14)25-5/h9-11H,6-8,12-13H2,1-5H3,(H,20,21). The summed E-state index contributed by atoms with van der Waals surface area (Å²) < 4.78 is 6.37. The number of guanidine groups is 1. The zero-order valence-corrected chi connectivity index (χ0v) is 17.4. The number of likely N-dealkylation sites (N-methyl/N-ethyl adjacent to an activating group) is 2. The number of halogens is 1. The summed E-state index contributed by atoms with van der Waals surface area (Å²) in [5.74, 6) is 1.59. The Morgan fingerprint density at radius 1 is 1.28 bits per heavy atom. The quantitative estimate of drug-likeness (QED) is 0.526. The Balaban J connectivity index is 2.89. The second-order valence-corrected chi connectivity index (χ2v) is 6.46. The van der Waals surface area contributed by atoms with E-state index in [1.165, 1.54) is 0 Å². The normalized spacial score (nSPS) is 11.2. The maximum atomic E-state index is 12.3. The van der Waals surface area contributed by atoms with Crippen LogP contribution in [0.1, 0.15) is 26.3 Å². The highest BCUT2D eigenvalue weighted by Crippen LogP contribution is 2.23. The predicted molar refractivity (Wildman–Crippen MR) is 106 cm³/mol. The van der Waals surface area contributed by atoms with Crippen LogP contribution in [0.3, 0.4) is 0 Å². The lowest BCUT2D eigenvalue weighted by Crippen LogP contribution is -2.45. The maximum Gasteiger partial charge on any atom is 0.242 e. The highest BCUT2D eigenvalue weighted by Gasteiger charge is 2.15. The van der Waals surface area contributed by atoms with E-state index in [-0.39, 0.29) is 5.91 Å². The average molecular weight is 413 g/mol. The maximum absolute atomic E-state index is 12.3. The van der Waals surface area contributed by atoms with E-state index in [2.05, 4.69) is 26.2 Å². The first-order valence-electron chi connectivity index (χ1n) is 8.56. The van der Waals surface area contributed by atoms with Crippen molar-refractivity contribution in [1.82, 2.24) is 15.1 Å². The number of amides is 1. The summed E-state index contributed by atoms with van der Waals surface area (Å²) in [7, 11) is 3.53. The molecule has 0 unspecified atom stereocenters. The van der Waals surface area contributed by atoms with Crippen molar-refractivity contribution in [2.45, 2.75) is 27.3 Å². The van der Waals surface area contributed by atoms with Gasteiger partial charge in [-0.15, -0.1) is 0 Å². The number of carbonyl (C=O) groups excluding carboxylic acids is 1. The van der Waals surface area contributed by atoms with Gasteiger partial charge in [-0.05, 0) is 39.0 Å². The monoisotopic (exact) mass is 412 g/mol. The number of rotatable bonds is 8. The van der Waals surface area contributed by atoms with Crippen LogP contribution < -0.4 is 10.1 Å². The second-order valence-electron chi connectivity index (χ2n) is 5.55. The van der Waals surface area contributed by atoms with Gasteiger partial charge in [-0.25, -0.2) is 4.99 Å². The van der Waals surface area contributed by atoms with Gasteiger partial charge in [0.2, 0.25) is 5.91 Å². The minimum absolute atomic E-state index is 0.0955. The Bertz CT molecular complexity index is 588. The minimum Gasteiger partial charge on any atom is -0.496 e. The van der Waals surface area contributed by atoms with Crippen molar-refractivity contribution in [3.05, 3.63) is 28.2 Å². The molecular formula is C18H29BrN4O2. The average Bonchev–Trinajstić information content (AvgIpc) is 2.59. The highest BCUT2D eigenvalue weighted by atomic mass is 79.9. The summed E-state index contributed by atoms with van der Waals surface area (Å²) in [5, 5.41) is 3.24. The molecule has 0 atom stereocenters. The SMILES string of the molecule is CCNC(=NCc1cc(Br)ccc1OC)N(C)CC(=O)N(CC)CC. The molecule has 0 aliphatic rings. The number of nitrogens with zero attached hydrogens (tertiary/aromatic N) is 3. The number of methoxy groups -OCH3 is 1. The summed E-state index contributed by atoms with van der Waals surface area (Å²) in [5.41, 5.74) is 0.982. The van der Waals surface area contributed by atoms with Crippen LogP contribution in [0.4, 0.5) is 0 Å². The first-order valence-corrected chi connectivity index (χ1v) is 9.35. The molecule has 0 bridgehead atoms. The Morgan fingerprint density at radius 2 is 1.96 bits per heavy atom. The van der Waals surface area contributed by atoms with Gasteiger partial charge in [0, 0.05) is 36.7 Å². The molecule has 1 rings (SSSR count). The molecule has 0 spiro atoms. The minimum atomic E-state index is 0.0955. The third-order valence-electron chi connectivity index (χ3n) is 3.83. The molecule has 0 heterocycles. The van der Waals surface area contributed by atoms with Crippen molar-refractivity contribution in [3.8, 4) is 5.75 Å². The largest absolute Gasteiger partial charge is 0.496 e. The van der Waals surface area contributed by atoms with Crippen LogP contribution in [0.25, 0.3) is 0 Å². The zero-order valence-electron chi connectivity index (χ0n) is 15.8. The van der Waals surface area contributed by atoms with Gasteiger partial charge in [0.1, 0.15) is 5.75 Å². The lowest BCUT2D eigenvalue weighted by atomic mass is 10.2. The smallest absolute Gasteiger partial charge is 0.242 e. The van der Waals surface area contributed by atoms with Crippen LogP contribution >= 0.6 is 15.9 Å². The molecule has 140 valence electrons. The summed E-state index contributed by atoms with van der Waals surface area (Å²) in [6, 6.07) is 5.84. The Hall–Kier alpha value is -1.76. The third-order valence-corrected chi connectivity index (χ3v) is 4.32. The van der Waals surface area contributed by atoms with E-state index in [9.17, 15) is 4.79 Å². The van der Waals surface area contributed by atoms with Crippen molar-refractivity contribution in [1.29, 1.82) is 0 Å². The molecule has 1 amide bonds. The van der Waals surface area contributed by atoms with Crippen LogP contribution in [0.2, 0.25) is 0 Å². The van der Waals surface area contributed by atoms with Gasteiger partial charge in [0.25, 0.3) is 0 Å². The number of carbonyl (C=O) groups is 1. The molecule has 0 aliphatic carbocycles. The van der Waals surface area contributed by atoms with Crippen molar-refractivity contribution in [2.75, 3.05) is 40.3 Å². The van der Waals surface area contributed by atoms with E-state index in [4.69, 9.17) is 4.74 Å². The summed E-state index contributed by atoms with van der Waals surface area (Å²) in [4.78, 5) is 20.6. The molecule has 0 aliphatic heterocycles. The Kier molecular flexibility index (Phi) is 9.34. The molecular weight excluding hydrogens is 384 g/mol. The van der Waals surface area contributed by atoms with E-state index >= 15 is 0 Å². The van der Waals surface area contributed by atoms with Crippen molar-refractivity contribution < 1.29 is 9.53 Å². The van der Waals surface area contributed by atoms with Crippen molar-refractivity contribution in [3.63, 3.8) is 0 Å². The first-order chi connectivity index (χ1) is 12.0. The van der Waals surface area contributed by atoms with E-state index in [0.717, 1.165) is 22.3 Å². The van der Waals surface area contributed by atoms with Crippen LogP contribution in [0, 0.1) is 0 Å². The van der Waals surface area contributed by atoms with Gasteiger partial charge < -0.3 is 19.9 Å². The van der Waals surface area contributed by atoms with E-state index in [1.54, 1.807) is 7.11 Å². The number of hydrogen-bond acceptors (Lipinski definition) is 3. The lowest BCUT2D eigenvalue weighted by molar-refractivity contribution is -0.131. The van der Waals surface area contributed by atoms with Crippen LogP contribution in [0.15, 0.2) is 27.7 Å². The van der Waals surface area contributed by atoms with Crippen molar-refractivity contribution >= 4 is 27.8 Å². The molecule has 25 heavy (non-hydrogen) atoms. The fourth-order valence-electron chi connectivity index (χ4n) is 2.45. The Labute approximate surface area is 159 Å². The molecule has 0 radical (unpaired) electrons. The molecule has 1 N–H and O–H groups in total. The lowest BCUT2D eigenvalue weighted by Gasteiger charge is -2.25. The van der Waals surface area contributed by atoms with E-state index < -0.39 is 0 Å². The summed E-state index contributed by atoms with van der Waals surface area (Å²) >= 11 is 3.48. The Morgan fingerprint density at radius 3 is 2.52 bits per heavy atom. The topological polar surface area (TPSA) is 57.2 Å². The van der Waals surface area contributed by atoms with Gasteiger partial charge in [-0.1, -0.05) is 15.9 Å². The van der Waals surface area contributed by atoms with Gasteiger partial charge >= 0.3 is 0 Å². The molecule has 0 saturated carbocycles. The van der Waals surface area contributed by atoms with Crippen LogP contribution in [-0.4, -0.2) is 62.0 Å². The van der Waals surface area contributed by atoms with Gasteiger partial charge in [0.05, 0.1) is 20.2 Å². The number of ether oxygens (including phenoxy) is 1. The third kappa shape index (κ3) is 6.57. The fourth-order valence-corrected chi connectivity index (χ4v) is 2.86. The molecule has 1 aromatic carbocycles. The number of hydrogen-bond donors (Lipinski definition) is 1. The summed E-state index contributed by atoms with van der Waals surface area (Å²) in [6.45, 7) is 8.91. The predicted octanol–water partition coefficient (Wildman–Crippen LogP) is 2.72. The summed E-state index contributed by atoms with van der Waals surface area (Å²) in [6.07, 6.45) is 0. The molecule has 7 heteroatoms. The van der Waals surface area contributed by atoms with Crippen LogP contribution in [0.5, 0.6) is 5.75 Å². The first kappa shape index (κ1) is 21.3. The highest BCUT2D eigenvalue weighted by molar-refractivity contribution is 9.10. The molecule has 0 aromatic heterocycles. The van der Waals surface area contributed by atoms with E-state index in [1.807, 2.05) is 55.8 Å². The molecule has 0 saturated heterocycles. The second kappa shape index (κ2) is 11.0. The zero-order chi connectivity index (χ0) is 18.8. The fraction of sp³-hybridized carbons (Fsp3) is 0.556. The number of aliphatic imine (C=N–C) groups is 1. The number of benzene rings is 1.